The Kier molecular flexibility index (Phi) is 6.77. The zero-order valence-electron chi connectivity index (χ0n) is 12.1. The highest BCUT2D eigenvalue weighted by Gasteiger charge is 2.10. The molecule has 0 fully saturated rings. The molecule has 116 valence electrons. The van der Waals surface area contributed by atoms with Gasteiger partial charge in [0.05, 0.1) is 24.2 Å². The van der Waals surface area contributed by atoms with Crippen LogP contribution in [0.2, 0.25) is 5.02 Å². The number of ether oxygens (including phenoxy) is 2. The highest BCUT2D eigenvalue weighted by atomic mass is 35.5. The number of benzene rings is 1. The predicted octanol–water partition coefficient (Wildman–Crippen LogP) is 3.52. The highest BCUT2D eigenvalue weighted by Crippen LogP contribution is 2.21. The first-order valence-corrected chi connectivity index (χ1v) is 7.95. The summed E-state index contributed by atoms with van der Waals surface area (Å²) in [5, 5.41) is 0.720. The molecule has 0 radical (unpaired) electrons. The SMILES string of the molecule is COCCOCCCn1c(CCCl)nc2ccc(Cl)cc21. The van der Waals surface area contributed by atoms with Gasteiger partial charge in [-0.05, 0) is 24.6 Å². The van der Waals surface area contributed by atoms with Gasteiger partial charge >= 0.3 is 0 Å². The Morgan fingerprint density at radius 3 is 2.86 bits per heavy atom. The smallest absolute Gasteiger partial charge is 0.111 e. The lowest BCUT2D eigenvalue weighted by atomic mass is 10.3. The average molecular weight is 331 g/mol. The molecule has 0 saturated carbocycles. The number of imidazole rings is 1. The Bertz CT molecular complexity index is 572. The van der Waals surface area contributed by atoms with Crippen molar-refractivity contribution >= 4 is 34.2 Å². The van der Waals surface area contributed by atoms with Gasteiger partial charge in [-0.3, -0.25) is 0 Å². The number of hydrogen-bond acceptors (Lipinski definition) is 3. The van der Waals surface area contributed by atoms with Gasteiger partial charge in [0.15, 0.2) is 0 Å². The van der Waals surface area contributed by atoms with E-state index in [-0.39, 0.29) is 0 Å². The second-order valence-electron chi connectivity index (χ2n) is 4.71. The lowest BCUT2D eigenvalue weighted by Gasteiger charge is -2.09. The lowest BCUT2D eigenvalue weighted by Crippen LogP contribution is -2.09. The molecule has 0 aliphatic carbocycles. The Balaban J connectivity index is 2.05. The summed E-state index contributed by atoms with van der Waals surface area (Å²) >= 11 is 12.0. The van der Waals surface area contributed by atoms with Gasteiger partial charge in [-0.15, -0.1) is 11.6 Å². The fourth-order valence-corrected chi connectivity index (χ4v) is 2.58. The fraction of sp³-hybridized carbons (Fsp3) is 0.533. The molecule has 2 rings (SSSR count). The van der Waals surface area contributed by atoms with E-state index in [0.29, 0.717) is 25.7 Å². The molecule has 0 N–H and O–H groups in total. The maximum absolute atomic E-state index is 6.09. The van der Waals surface area contributed by atoms with Crippen molar-refractivity contribution in [2.24, 2.45) is 0 Å². The van der Waals surface area contributed by atoms with Crippen LogP contribution in [0.25, 0.3) is 11.0 Å². The molecule has 2 aromatic rings. The summed E-state index contributed by atoms with van der Waals surface area (Å²) in [6.45, 7) is 2.79. The van der Waals surface area contributed by atoms with Gasteiger partial charge in [-0.25, -0.2) is 4.98 Å². The van der Waals surface area contributed by atoms with Crippen LogP contribution >= 0.6 is 23.2 Å². The van der Waals surface area contributed by atoms with Crippen LogP contribution in [-0.4, -0.2) is 42.4 Å². The number of rotatable bonds is 9. The minimum Gasteiger partial charge on any atom is -0.382 e. The Hall–Kier alpha value is -0.810. The molecule has 0 aliphatic rings. The average Bonchev–Trinajstić information content (AvgIpc) is 2.80. The van der Waals surface area contributed by atoms with Gasteiger partial charge in [-0.2, -0.15) is 0 Å². The van der Waals surface area contributed by atoms with Gasteiger partial charge in [0.25, 0.3) is 0 Å². The summed E-state index contributed by atoms with van der Waals surface area (Å²) in [6.07, 6.45) is 1.66. The van der Waals surface area contributed by atoms with E-state index in [1.807, 2.05) is 18.2 Å². The van der Waals surface area contributed by atoms with E-state index >= 15 is 0 Å². The number of nitrogens with zero attached hydrogens (tertiary/aromatic N) is 2. The van der Waals surface area contributed by atoms with E-state index in [1.165, 1.54) is 0 Å². The van der Waals surface area contributed by atoms with Crippen molar-refractivity contribution in [1.82, 2.24) is 9.55 Å². The maximum Gasteiger partial charge on any atom is 0.111 e. The minimum atomic E-state index is 0.557. The van der Waals surface area contributed by atoms with Crippen molar-refractivity contribution < 1.29 is 9.47 Å². The van der Waals surface area contributed by atoms with E-state index in [4.69, 9.17) is 32.7 Å². The van der Waals surface area contributed by atoms with Gasteiger partial charge in [0.2, 0.25) is 0 Å². The standard InChI is InChI=1S/C15H20Cl2N2O2/c1-20-9-10-21-8-2-7-19-14-11-12(17)3-4-13(14)18-15(19)5-6-16/h3-4,11H,2,5-10H2,1H3. The normalized spacial score (nSPS) is 11.4. The largest absolute Gasteiger partial charge is 0.382 e. The number of hydrogen-bond donors (Lipinski definition) is 0. The minimum absolute atomic E-state index is 0.557. The number of aryl methyl sites for hydroxylation is 2. The monoisotopic (exact) mass is 330 g/mol. The third-order valence-corrected chi connectivity index (χ3v) is 3.63. The number of aromatic nitrogens is 2. The van der Waals surface area contributed by atoms with Crippen molar-refractivity contribution in [3.63, 3.8) is 0 Å². The summed E-state index contributed by atoms with van der Waals surface area (Å²) in [5.74, 6) is 1.56. The second-order valence-corrected chi connectivity index (χ2v) is 5.52. The highest BCUT2D eigenvalue weighted by molar-refractivity contribution is 6.31. The molecule has 4 nitrogen and oxygen atoms in total. The number of fused-ring (bicyclic) bond motifs is 1. The quantitative estimate of drug-likeness (QED) is 0.521. The molecule has 0 spiro atoms. The van der Waals surface area contributed by atoms with Crippen LogP contribution in [0.1, 0.15) is 12.2 Å². The van der Waals surface area contributed by atoms with Crippen molar-refractivity contribution in [1.29, 1.82) is 0 Å². The number of halogens is 2. The zero-order valence-corrected chi connectivity index (χ0v) is 13.7. The molecule has 0 unspecified atom stereocenters. The molecule has 1 heterocycles. The molecule has 0 aliphatic heterocycles. The molecule has 1 aromatic carbocycles. The van der Waals surface area contributed by atoms with E-state index in [0.717, 1.165) is 41.3 Å². The summed E-state index contributed by atoms with van der Waals surface area (Å²) in [5.41, 5.74) is 2.01. The first-order valence-electron chi connectivity index (χ1n) is 7.03. The van der Waals surface area contributed by atoms with Gasteiger partial charge in [0.1, 0.15) is 5.82 Å². The first kappa shape index (κ1) is 16.6. The van der Waals surface area contributed by atoms with Gasteiger partial charge < -0.3 is 14.0 Å². The van der Waals surface area contributed by atoms with Crippen LogP contribution in [0.15, 0.2) is 18.2 Å². The van der Waals surface area contributed by atoms with Crippen LogP contribution in [-0.2, 0) is 22.4 Å². The van der Waals surface area contributed by atoms with Crippen molar-refractivity contribution in [2.75, 3.05) is 32.8 Å². The van der Waals surface area contributed by atoms with Crippen LogP contribution in [0.3, 0.4) is 0 Å². The third-order valence-electron chi connectivity index (χ3n) is 3.21. The second kappa shape index (κ2) is 8.59. The molecule has 1 aromatic heterocycles. The lowest BCUT2D eigenvalue weighted by molar-refractivity contribution is 0.0680. The Morgan fingerprint density at radius 1 is 1.24 bits per heavy atom. The molecule has 0 amide bonds. The Labute approximate surface area is 135 Å². The van der Waals surface area contributed by atoms with Crippen LogP contribution in [0.4, 0.5) is 0 Å². The van der Waals surface area contributed by atoms with E-state index in [2.05, 4.69) is 9.55 Å². The fourth-order valence-electron chi connectivity index (χ4n) is 2.24. The van der Waals surface area contributed by atoms with Gasteiger partial charge in [-0.1, -0.05) is 11.6 Å². The van der Waals surface area contributed by atoms with Crippen molar-refractivity contribution in [3.05, 3.63) is 29.0 Å². The van der Waals surface area contributed by atoms with E-state index in [1.54, 1.807) is 7.11 Å². The number of methoxy groups -OCH3 is 1. The molecule has 6 heteroatoms. The maximum atomic E-state index is 6.09. The third kappa shape index (κ3) is 4.58. The molecular formula is C15H20Cl2N2O2. The Morgan fingerprint density at radius 2 is 2.10 bits per heavy atom. The van der Waals surface area contributed by atoms with Gasteiger partial charge in [0, 0.05) is 37.6 Å². The molecular weight excluding hydrogens is 311 g/mol. The molecule has 0 atom stereocenters. The predicted molar refractivity (Wildman–Crippen MR) is 86.5 cm³/mol. The summed E-state index contributed by atoms with van der Waals surface area (Å²) < 4.78 is 12.6. The molecule has 0 bridgehead atoms. The molecule has 0 saturated heterocycles. The van der Waals surface area contributed by atoms with E-state index < -0.39 is 0 Å². The summed E-state index contributed by atoms with van der Waals surface area (Å²) in [7, 11) is 1.67. The van der Waals surface area contributed by atoms with Crippen LogP contribution < -0.4 is 0 Å². The summed E-state index contributed by atoms with van der Waals surface area (Å²) in [6, 6.07) is 5.76. The van der Waals surface area contributed by atoms with Crippen molar-refractivity contribution in [3.8, 4) is 0 Å². The topological polar surface area (TPSA) is 36.3 Å². The summed E-state index contributed by atoms with van der Waals surface area (Å²) in [4.78, 5) is 4.63. The van der Waals surface area contributed by atoms with Crippen molar-refractivity contribution in [2.45, 2.75) is 19.4 Å². The number of alkyl halides is 1. The zero-order chi connectivity index (χ0) is 15.1. The van der Waals surface area contributed by atoms with Crippen LogP contribution in [0, 0.1) is 0 Å². The first-order chi connectivity index (χ1) is 10.3. The van der Waals surface area contributed by atoms with E-state index in [9.17, 15) is 0 Å². The molecule has 21 heavy (non-hydrogen) atoms. The van der Waals surface area contributed by atoms with Crippen LogP contribution in [0.5, 0.6) is 0 Å².